The van der Waals surface area contributed by atoms with Crippen LogP contribution >= 0.6 is 22.9 Å². The molecule has 1 fully saturated rings. The first-order chi connectivity index (χ1) is 16.4. The molecule has 2 amide bonds. The number of carbonyl (C=O) groups is 2. The second-order valence-corrected chi connectivity index (χ2v) is 11.3. The number of ether oxygens (including phenoxy) is 1. The van der Waals surface area contributed by atoms with Gasteiger partial charge < -0.3 is 14.5 Å². The van der Waals surface area contributed by atoms with Gasteiger partial charge in [-0.3, -0.25) is 9.59 Å². The van der Waals surface area contributed by atoms with Crippen molar-refractivity contribution < 1.29 is 14.3 Å². The quantitative estimate of drug-likeness (QED) is 0.424. The van der Waals surface area contributed by atoms with Gasteiger partial charge in [0.1, 0.15) is 12.4 Å². The van der Waals surface area contributed by atoms with Gasteiger partial charge in [0, 0.05) is 28.9 Å². The van der Waals surface area contributed by atoms with Crippen molar-refractivity contribution in [2.24, 2.45) is 11.8 Å². The largest absolute Gasteiger partial charge is 0.491 e. The fourth-order valence-corrected chi connectivity index (χ4v) is 6.00. The molecule has 184 valence electrons. The first-order valence-corrected chi connectivity index (χ1v) is 13.7. The van der Waals surface area contributed by atoms with E-state index in [1.165, 1.54) is 4.88 Å². The molecule has 0 radical (unpaired) electrons. The van der Waals surface area contributed by atoms with Gasteiger partial charge in [0.15, 0.2) is 0 Å². The van der Waals surface area contributed by atoms with E-state index in [1.54, 1.807) is 23.5 Å². The minimum Gasteiger partial charge on any atom is -0.491 e. The number of hydrogen-bond acceptors (Lipinski definition) is 4. The van der Waals surface area contributed by atoms with Crippen LogP contribution in [0.4, 0.5) is 0 Å². The Balaban J connectivity index is 1.48. The summed E-state index contributed by atoms with van der Waals surface area (Å²) in [5, 5.41) is 2.75. The van der Waals surface area contributed by atoms with E-state index >= 15 is 0 Å². The molecule has 34 heavy (non-hydrogen) atoms. The molecule has 1 unspecified atom stereocenters. The maximum absolute atomic E-state index is 13.6. The van der Waals surface area contributed by atoms with Crippen molar-refractivity contribution in [1.82, 2.24) is 9.80 Å². The number of nitrogens with zero attached hydrogens (tertiary/aromatic N) is 2. The molecule has 2 heterocycles. The molecule has 1 aromatic heterocycles. The number of carbonyl (C=O) groups excluding carboxylic acids is 2. The molecule has 2 aliphatic rings. The molecular weight excluding hydrogens is 468 g/mol. The van der Waals surface area contributed by atoms with Gasteiger partial charge in [0.05, 0.1) is 12.6 Å². The minimum atomic E-state index is -0.160. The van der Waals surface area contributed by atoms with Crippen LogP contribution in [0, 0.1) is 11.8 Å². The number of amides is 2. The first-order valence-electron chi connectivity index (χ1n) is 12.4. The Morgan fingerprint density at radius 3 is 2.62 bits per heavy atom. The summed E-state index contributed by atoms with van der Waals surface area (Å²) < 4.78 is 6.09. The summed E-state index contributed by atoms with van der Waals surface area (Å²) in [6.45, 7) is 6.14. The number of halogens is 1. The lowest BCUT2D eigenvalue weighted by Gasteiger charge is -2.37. The Labute approximate surface area is 212 Å². The summed E-state index contributed by atoms with van der Waals surface area (Å²) >= 11 is 7.74. The van der Waals surface area contributed by atoms with Crippen LogP contribution in [0.15, 0.2) is 35.7 Å². The molecule has 1 aromatic carbocycles. The van der Waals surface area contributed by atoms with Gasteiger partial charge in [-0.1, -0.05) is 38.3 Å². The Hall–Kier alpha value is -2.05. The van der Waals surface area contributed by atoms with E-state index in [0.29, 0.717) is 30.6 Å². The normalized spacial score (nSPS) is 18.2. The summed E-state index contributed by atoms with van der Waals surface area (Å²) in [6.07, 6.45) is 5.87. The fraction of sp³-hybridized carbons (Fsp3) is 0.556. The second kappa shape index (κ2) is 11.6. The Bertz CT molecular complexity index is 969. The Morgan fingerprint density at radius 2 is 1.91 bits per heavy atom. The van der Waals surface area contributed by atoms with E-state index < -0.39 is 0 Å². The third-order valence-corrected chi connectivity index (χ3v) is 8.20. The highest BCUT2D eigenvalue weighted by atomic mass is 35.5. The number of fused-ring (bicyclic) bond motifs is 1. The molecule has 0 saturated heterocycles. The zero-order valence-electron chi connectivity index (χ0n) is 20.2. The Kier molecular flexibility index (Phi) is 8.54. The number of hydrogen-bond donors (Lipinski definition) is 0. The van der Waals surface area contributed by atoms with Crippen LogP contribution in [0.25, 0.3) is 0 Å². The smallest absolute Gasteiger partial charge is 0.242 e. The lowest BCUT2D eigenvalue weighted by molar-refractivity contribution is -0.144. The van der Waals surface area contributed by atoms with Gasteiger partial charge in [-0.15, -0.1) is 11.3 Å². The van der Waals surface area contributed by atoms with E-state index in [4.69, 9.17) is 16.3 Å². The fourth-order valence-electron chi connectivity index (χ4n) is 4.95. The van der Waals surface area contributed by atoms with E-state index in [0.717, 1.165) is 49.8 Å². The van der Waals surface area contributed by atoms with Crippen LogP contribution in [0.2, 0.25) is 5.02 Å². The van der Waals surface area contributed by atoms with E-state index in [-0.39, 0.29) is 30.3 Å². The van der Waals surface area contributed by atoms with Gasteiger partial charge in [-0.2, -0.15) is 0 Å². The highest BCUT2D eigenvalue weighted by Gasteiger charge is 2.35. The third-order valence-electron chi connectivity index (χ3n) is 6.96. The van der Waals surface area contributed by atoms with Crippen molar-refractivity contribution in [3.63, 3.8) is 0 Å². The summed E-state index contributed by atoms with van der Waals surface area (Å²) in [5.41, 5.74) is 1.16. The highest BCUT2D eigenvalue weighted by Crippen LogP contribution is 2.34. The van der Waals surface area contributed by atoms with Crippen molar-refractivity contribution in [2.45, 2.75) is 58.4 Å². The second-order valence-electron chi connectivity index (χ2n) is 9.84. The van der Waals surface area contributed by atoms with Gasteiger partial charge in [-0.25, -0.2) is 0 Å². The lowest BCUT2D eigenvalue weighted by Crippen LogP contribution is -2.49. The monoisotopic (exact) mass is 502 g/mol. The summed E-state index contributed by atoms with van der Waals surface area (Å²) in [4.78, 5) is 32.0. The van der Waals surface area contributed by atoms with Gasteiger partial charge >= 0.3 is 0 Å². The molecule has 5 nitrogen and oxygen atoms in total. The van der Waals surface area contributed by atoms with Crippen molar-refractivity contribution in [3.8, 4) is 5.75 Å². The molecule has 7 heteroatoms. The van der Waals surface area contributed by atoms with Crippen LogP contribution < -0.4 is 4.74 Å². The van der Waals surface area contributed by atoms with E-state index in [2.05, 4.69) is 25.3 Å². The third kappa shape index (κ3) is 6.14. The minimum absolute atomic E-state index is 0.0108. The zero-order chi connectivity index (χ0) is 24.1. The van der Waals surface area contributed by atoms with Crippen molar-refractivity contribution in [1.29, 1.82) is 0 Å². The van der Waals surface area contributed by atoms with Crippen molar-refractivity contribution >= 4 is 34.8 Å². The average molecular weight is 503 g/mol. The standard InChI is InChI=1S/C27H35ClN2O3S/c1-19(2)11-14-29(27(32)20-5-3-4-6-20)17-26(31)30-15-12-25-23(13-16-34-25)24(30)18-33-22-9-7-21(28)8-10-22/h7-10,13,16,19-20,24H,3-6,11-12,14-15,17-18H2,1-2H3. The predicted molar refractivity (Wildman–Crippen MR) is 137 cm³/mol. The van der Waals surface area contributed by atoms with Crippen LogP contribution in [0.3, 0.4) is 0 Å². The molecule has 1 saturated carbocycles. The average Bonchev–Trinajstić information content (AvgIpc) is 3.53. The van der Waals surface area contributed by atoms with Crippen LogP contribution in [0.1, 0.15) is 62.4 Å². The number of rotatable bonds is 9. The molecule has 2 aromatic rings. The molecule has 0 bridgehead atoms. The van der Waals surface area contributed by atoms with E-state index in [1.807, 2.05) is 21.9 Å². The predicted octanol–water partition coefficient (Wildman–Crippen LogP) is 5.97. The van der Waals surface area contributed by atoms with Gasteiger partial charge in [0.2, 0.25) is 11.8 Å². The summed E-state index contributed by atoms with van der Waals surface area (Å²) in [5.74, 6) is 1.46. The zero-order valence-corrected chi connectivity index (χ0v) is 21.7. The molecule has 1 aliphatic carbocycles. The lowest BCUT2D eigenvalue weighted by atomic mass is 10.00. The maximum Gasteiger partial charge on any atom is 0.242 e. The summed E-state index contributed by atoms with van der Waals surface area (Å²) in [6, 6.07) is 9.25. The topological polar surface area (TPSA) is 49.9 Å². The van der Waals surface area contributed by atoms with Crippen LogP contribution in [-0.4, -0.2) is 47.9 Å². The van der Waals surface area contributed by atoms with Crippen LogP contribution in [-0.2, 0) is 16.0 Å². The number of benzene rings is 1. The van der Waals surface area contributed by atoms with Crippen LogP contribution in [0.5, 0.6) is 5.75 Å². The SMILES string of the molecule is CC(C)CCN(CC(=O)N1CCc2sccc2C1COc1ccc(Cl)cc1)C(=O)C1CCCC1. The summed E-state index contributed by atoms with van der Waals surface area (Å²) in [7, 11) is 0. The molecule has 1 atom stereocenters. The molecular formula is C27H35ClN2O3S. The molecule has 0 spiro atoms. The maximum atomic E-state index is 13.6. The van der Waals surface area contributed by atoms with Crippen molar-refractivity contribution in [3.05, 3.63) is 51.2 Å². The first kappa shape index (κ1) is 25.1. The molecule has 0 N–H and O–H groups in total. The Morgan fingerprint density at radius 1 is 1.18 bits per heavy atom. The van der Waals surface area contributed by atoms with Crippen molar-refractivity contribution in [2.75, 3.05) is 26.2 Å². The van der Waals surface area contributed by atoms with Gasteiger partial charge in [0.25, 0.3) is 0 Å². The molecule has 4 rings (SSSR count). The van der Waals surface area contributed by atoms with E-state index in [9.17, 15) is 9.59 Å². The number of thiophene rings is 1. The molecule has 1 aliphatic heterocycles. The van der Waals surface area contributed by atoms with Gasteiger partial charge in [-0.05, 0) is 72.9 Å². The highest BCUT2D eigenvalue weighted by molar-refractivity contribution is 7.10.